The number of anilines is 2. The van der Waals surface area contributed by atoms with Crippen LogP contribution in [0.25, 0.3) is 11.0 Å². The summed E-state index contributed by atoms with van der Waals surface area (Å²) >= 11 is 5.39. The molecule has 0 fully saturated rings. The van der Waals surface area contributed by atoms with E-state index in [4.69, 9.17) is 12.2 Å². The summed E-state index contributed by atoms with van der Waals surface area (Å²) in [6.45, 7) is 8.35. The standard InChI is InChI=1S/C18H21N5S/c1-11(2)23-17-14(9-20-23)8-16(10-19-17)22-18(24)21-15-6-5-12(3)13(4)7-15/h5-11H,1-4H3,(H2,21,22,24). The van der Waals surface area contributed by atoms with Crippen LogP contribution in [0, 0.1) is 13.8 Å². The monoisotopic (exact) mass is 339 g/mol. The zero-order valence-corrected chi connectivity index (χ0v) is 15.1. The summed E-state index contributed by atoms with van der Waals surface area (Å²) in [5.41, 5.74) is 5.18. The van der Waals surface area contributed by atoms with Crippen molar-refractivity contribution >= 4 is 39.7 Å². The third-order valence-corrected chi connectivity index (χ3v) is 4.15. The molecule has 3 aromatic rings. The zero-order chi connectivity index (χ0) is 17.3. The molecule has 0 atom stereocenters. The van der Waals surface area contributed by atoms with Gasteiger partial charge in [0.2, 0.25) is 0 Å². The molecular weight excluding hydrogens is 318 g/mol. The van der Waals surface area contributed by atoms with Crippen molar-refractivity contribution in [1.82, 2.24) is 14.8 Å². The average Bonchev–Trinajstić information content (AvgIpc) is 2.94. The Balaban J connectivity index is 1.74. The summed E-state index contributed by atoms with van der Waals surface area (Å²) < 4.78 is 1.91. The van der Waals surface area contributed by atoms with Crippen LogP contribution in [0.2, 0.25) is 0 Å². The minimum atomic E-state index is 0.279. The number of fused-ring (bicyclic) bond motifs is 1. The van der Waals surface area contributed by atoms with Crippen LogP contribution >= 0.6 is 12.2 Å². The van der Waals surface area contributed by atoms with E-state index in [1.807, 2.05) is 23.0 Å². The van der Waals surface area contributed by atoms with Crippen LogP contribution in [0.15, 0.2) is 36.7 Å². The second-order valence-corrected chi connectivity index (χ2v) is 6.61. The van der Waals surface area contributed by atoms with Gasteiger partial charge < -0.3 is 10.6 Å². The minimum absolute atomic E-state index is 0.279. The molecule has 0 aliphatic carbocycles. The van der Waals surface area contributed by atoms with Crippen molar-refractivity contribution in [3.8, 4) is 0 Å². The highest BCUT2D eigenvalue weighted by atomic mass is 32.1. The Labute approximate surface area is 147 Å². The molecule has 1 aromatic carbocycles. The number of nitrogens with one attached hydrogen (secondary N) is 2. The van der Waals surface area contributed by atoms with E-state index >= 15 is 0 Å². The Morgan fingerprint density at radius 3 is 2.50 bits per heavy atom. The molecule has 3 rings (SSSR count). The highest BCUT2D eigenvalue weighted by molar-refractivity contribution is 7.80. The van der Waals surface area contributed by atoms with Crippen molar-refractivity contribution in [3.05, 3.63) is 47.8 Å². The van der Waals surface area contributed by atoms with Crippen LogP contribution in [-0.4, -0.2) is 19.9 Å². The minimum Gasteiger partial charge on any atom is -0.332 e. The number of rotatable bonds is 3. The van der Waals surface area contributed by atoms with Crippen LogP contribution in [0.5, 0.6) is 0 Å². The fourth-order valence-electron chi connectivity index (χ4n) is 2.50. The molecule has 6 heteroatoms. The van der Waals surface area contributed by atoms with Gasteiger partial charge in [0.1, 0.15) is 0 Å². The molecule has 2 N–H and O–H groups in total. The molecular formula is C18H21N5S. The van der Waals surface area contributed by atoms with Gasteiger partial charge in [-0.3, -0.25) is 0 Å². The molecule has 24 heavy (non-hydrogen) atoms. The molecule has 2 aromatic heterocycles. The first-order valence-electron chi connectivity index (χ1n) is 7.92. The van der Waals surface area contributed by atoms with Crippen LogP contribution < -0.4 is 10.6 Å². The number of aryl methyl sites for hydroxylation is 2. The van der Waals surface area contributed by atoms with Crippen molar-refractivity contribution in [1.29, 1.82) is 0 Å². The second-order valence-electron chi connectivity index (χ2n) is 6.20. The van der Waals surface area contributed by atoms with E-state index in [1.54, 1.807) is 6.20 Å². The predicted octanol–water partition coefficient (Wildman–Crippen LogP) is 4.44. The maximum Gasteiger partial charge on any atom is 0.175 e. The average molecular weight is 339 g/mol. The number of aromatic nitrogens is 3. The lowest BCUT2D eigenvalue weighted by Crippen LogP contribution is -2.19. The zero-order valence-electron chi connectivity index (χ0n) is 14.3. The van der Waals surface area contributed by atoms with Gasteiger partial charge in [0.05, 0.1) is 18.1 Å². The van der Waals surface area contributed by atoms with Crippen LogP contribution in [0.1, 0.15) is 31.0 Å². The number of thiocarbonyl (C=S) groups is 1. The fourth-order valence-corrected chi connectivity index (χ4v) is 2.73. The molecule has 0 aliphatic heterocycles. The van der Waals surface area contributed by atoms with E-state index in [0.29, 0.717) is 5.11 Å². The van der Waals surface area contributed by atoms with Gasteiger partial charge in [-0.2, -0.15) is 5.10 Å². The Morgan fingerprint density at radius 1 is 1.04 bits per heavy atom. The van der Waals surface area contributed by atoms with Crippen molar-refractivity contribution in [2.45, 2.75) is 33.7 Å². The predicted molar refractivity (Wildman–Crippen MR) is 104 cm³/mol. The number of benzene rings is 1. The van der Waals surface area contributed by atoms with Crippen molar-refractivity contribution in [2.24, 2.45) is 0 Å². The first-order valence-corrected chi connectivity index (χ1v) is 8.33. The van der Waals surface area contributed by atoms with Gasteiger partial charge in [0, 0.05) is 17.1 Å². The molecule has 0 saturated heterocycles. The highest BCUT2D eigenvalue weighted by Gasteiger charge is 2.08. The molecule has 0 unspecified atom stereocenters. The number of hydrogen-bond donors (Lipinski definition) is 2. The van der Waals surface area contributed by atoms with E-state index in [2.05, 4.69) is 60.5 Å². The van der Waals surface area contributed by atoms with Crippen LogP contribution in [-0.2, 0) is 0 Å². The van der Waals surface area contributed by atoms with Gasteiger partial charge in [-0.15, -0.1) is 0 Å². The molecule has 5 nitrogen and oxygen atoms in total. The second kappa shape index (κ2) is 6.57. The maximum atomic E-state index is 5.39. The Bertz CT molecular complexity index is 898. The molecule has 0 saturated carbocycles. The lowest BCUT2D eigenvalue weighted by Gasteiger charge is -2.12. The van der Waals surface area contributed by atoms with Crippen LogP contribution in [0.4, 0.5) is 11.4 Å². The van der Waals surface area contributed by atoms with Crippen molar-refractivity contribution in [3.63, 3.8) is 0 Å². The van der Waals surface area contributed by atoms with Gasteiger partial charge >= 0.3 is 0 Å². The Hall–Kier alpha value is -2.47. The smallest absolute Gasteiger partial charge is 0.175 e. The van der Waals surface area contributed by atoms with Crippen molar-refractivity contribution in [2.75, 3.05) is 10.6 Å². The molecule has 0 amide bonds. The largest absolute Gasteiger partial charge is 0.332 e. The summed E-state index contributed by atoms with van der Waals surface area (Å²) in [6, 6.07) is 8.46. The van der Waals surface area contributed by atoms with Gasteiger partial charge in [-0.05, 0) is 69.2 Å². The molecule has 0 radical (unpaired) electrons. The molecule has 124 valence electrons. The summed E-state index contributed by atoms with van der Waals surface area (Å²) in [7, 11) is 0. The summed E-state index contributed by atoms with van der Waals surface area (Å²) in [5.74, 6) is 0. The SMILES string of the molecule is Cc1ccc(NC(=S)Nc2cnc3c(cnn3C(C)C)c2)cc1C. The van der Waals surface area contributed by atoms with Crippen LogP contribution in [0.3, 0.4) is 0 Å². The third kappa shape index (κ3) is 3.38. The first-order chi connectivity index (χ1) is 11.4. The lowest BCUT2D eigenvalue weighted by atomic mass is 10.1. The van der Waals surface area contributed by atoms with Gasteiger partial charge in [0.25, 0.3) is 0 Å². The van der Waals surface area contributed by atoms with Gasteiger partial charge in [-0.1, -0.05) is 6.07 Å². The summed E-state index contributed by atoms with van der Waals surface area (Å²) in [5, 5.41) is 12.3. The maximum absolute atomic E-state index is 5.39. The number of hydrogen-bond acceptors (Lipinski definition) is 3. The fraction of sp³-hybridized carbons (Fsp3) is 0.278. The highest BCUT2D eigenvalue weighted by Crippen LogP contribution is 2.19. The molecule has 0 aliphatic rings. The topological polar surface area (TPSA) is 54.8 Å². The van der Waals surface area contributed by atoms with E-state index < -0.39 is 0 Å². The molecule has 0 bridgehead atoms. The van der Waals surface area contributed by atoms with E-state index in [0.717, 1.165) is 22.4 Å². The Morgan fingerprint density at radius 2 is 1.79 bits per heavy atom. The third-order valence-electron chi connectivity index (χ3n) is 3.95. The van der Waals surface area contributed by atoms with Gasteiger partial charge in [0.15, 0.2) is 10.8 Å². The van der Waals surface area contributed by atoms with E-state index in [9.17, 15) is 0 Å². The summed E-state index contributed by atoms with van der Waals surface area (Å²) in [6.07, 6.45) is 3.60. The van der Waals surface area contributed by atoms with E-state index in [1.165, 1.54) is 11.1 Å². The van der Waals surface area contributed by atoms with Gasteiger partial charge in [-0.25, -0.2) is 9.67 Å². The molecule has 0 spiro atoms. The lowest BCUT2D eigenvalue weighted by molar-refractivity contribution is 0.546. The number of pyridine rings is 1. The first kappa shape index (κ1) is 16.4. The van der Waals surface area contributed by atoms with E-state index in [-0.39, 0.29) is 6.04 Å². The quantitative estimate of drug-likeness (QED) is 0.691. The number of nitrogens with zero attached hydrogens (tertiary/aromatic N) is 3. The molecule has 2 heterocycles. The van der Waals surface area contributed by atoms with Crippen molar-refractivity contribution < 1.29 is 0 Å². The normalized spacial score (nSPS) is 11.0. The Kier molecular flexibility index (Phi) is 4.49. The summed E-state index contributed by atoms with van der Waals surface area (Å²) in [4.78, 5) is 4.50.